The molecule has 33 heavy (non-hydrogen) atoms. The number of nitrogen functional groups attached to an aromatic ring is 1. The Morgan fingerprint density at radius 2 is 1.55 bits per heavy atom. The summed E-state index contributed by atoms with van der Waals surface area (Å²) in [5.41, 5.74) is 15.7. The Hall–Kier alpha value is -3.19. The van der Waals surface area contributed by atoms with Crippen molar-refractivity contribution in [2.24, 2.45) is 5.73 Å². The summed E-state index contributed by atoms with van der Waals surface area (Å²) in [6, 6.07) is 15.7. The highest BCUT2D eigenvalue weighted by atomic mass is 31.1. The summed E-state index contributed by atoms with van der Waals surface area (Å²) < 4.78 is 11.8. The van der Waals surface area contributed by atoms with Gasteiger partial charge in [0.25, 0.3) is 5.89 Å². The van der Waals surface area contributed by atoms with E-state index in [0.29, 0.717) is 17.3 Å². The molecule has 0 aliphatic carbocycles. The lowest BCUT2D eigenvalue weighted by Gasteiger charge is -2.16. The molecule has 0 saturated heterocycles. The average Bonchev–Trinajstić information content (AvgIpc) is 3.29. The topological polar surface area (TPSA) is 126 Å². The molecule has 2 atom stereocenters. The van der Waals surface area contributed by atoms with Crippen LogP contribution >= 0.6 is 8.15 Å². The molecule has 2 unspecified atom stereocenters. The van der Waals surface area contributed by atoms with Crippen molar-refractivity contribution in [3.8, 4) is 34.3 Å². The maximum atomic E-state index is 6.08. The van der Waals surface area contributed by atoms with Crippen LogP contribution in [0.1, 0.15) is 32.4 Å². The molecular weight excluding hydrogens is 435 g/mol. The molecule has 0 saturated carbocycles. The molecule has 2 heterocycles. The first-order chi connectivity index (χ1) is 15.8. The Morgan fingerprint density at radius 3 is 2.18 bits per heavy atom. The standard InChI is InChI=1S/C24H27N6O2P/c1-14(2)32-33(4)19-11-9-17(10-12-19)20-13-27-22(26)21(28-20)24-30-29-23(31-24)18-7-5-16(6-8-18)15(3)25/h5-15H,25H2,1-4H3,(H2,26,27). The third-order valence-electron chi connectivity index (χ3n) is 5.01. The van der Waals surface area contributed by atoms with Gasteiger partial charge < -0.3 is 20.4 Å². The van der Waals surface area contributed by atoms with Crippen LogP contribution in [-0.2, 0) is 4.52 Å². The SMILES string of the molecule is CC(C)OP(C)c1ccc(-c2cnc(N)c(-c3nnc(-c4ccc(C(C)N)cc4)o3)n2)cc1. The molecule has 0 bridgehead atoms. The van der Waals surface area contributed by atoms with Gasteiger partial charge in [0.1, 0.15) is 0 Å². The van der Waals surface area contributed by atoms with Crippen molar-refractivity contribution in [2.75, 3.05) is 12.4 Å². The molecule has 0 spiro atoms. The smallest absolute Gasteiger partial charge is 0.270 e. The average molecular weight is 462 g/mol. The number of aromatic nitrogens is 4. The molecule has 2 aromatic carbocycles. The van der Waals surface area contributed by atoms with Gasteiger partial charge in [-0.3, -0.25) is 0 Å². The molecule has 0 radical (unpaired) electrons. The normalized spacial score (nSPS) is 13.3. The first-order valence-electron chi connectivity index (χ1n) is 10.6. The lowest BCUT2D eigenvalue weighted by Crippen LogP contribution is -2.06. The van der Waals surface area contributed by atoms with Crippen molar-refractivity contribution in [3.05, 3.63) is 60.3 Å². The molecular formula is C24H27N6O2P. The third-order valence-corrected chi connectivity index (χ3v) is 6.77. The molecule has 170 valence electrons. The van der Waals surface area contributed by atoms with E-state index in [1.165, 1.54) is 0 Å². The first-order valence-corrected chi connectivity index (χ1v) is 12.4. The van der Waals surface area contributed by atoms with Crippen LogP contribution < -0.4 is 16.8 Å². The lowest BCUT2D eigenvalue weighted by atomic mass is 10.1. The fourth-order valence-corrected chi connectivity index (χ4v) is 4.60. The molecule has 9 heteroatoms. The zero-order valence-corrected chi connectivity index (χ0v) is 20.0. The number of nitrogens with zero attached hydrogens (tertiary/aromatic N) is 4. The van der Waals surface area contributed by atoms with Crippen molar-refractivity contribution >= 4 is 19.3 Å². The van der Waals surface area contributed by atoms with E-state index in [2.05, 4.69) is 39.0 Å². The quantitative estimate of drug-likeness (QED) is 0.383. The number of hydrogen-bond acceptors (Lipinski definition) is 8. The number of benzene rings is 2. The molecule has 2 aromatic heterocycles. The van der Waals surface area contributed by atoms with E-state index in [1.54, 1.807) is 6.20 Å². The van der Waals surface area contributed by atoms with Crippen molar-refractivity contribution in [2.45, 2.75) is 32.9 Å². The van der Waals surface area contributed by atoms with Gasteiger partial charge in [-0.2, -0.15) is 0 Å². The second-order valence-corrected chi connectivity index (χ2v) is 9.73. The summed E-state index contributed by atoms with van der Waals surface area (Å²) in [5.74, 6) is 0.811. The summed E-state index contributed by atoms with van der Waals surface area (Å²) in [5, 5.41) is 9.45. The molecule has 4 N–H and O–H groups in total. The van der Waals surface area contributed by atoms with Crippen LogP contribution in [0.4, 0.5) is 5.82 Å². The Labute approximate surface area is 194 Å². The van der Waals surface area contributed by atoms with E-state index in [-0.39, 0.29) is 23.9 Å². The van der Waals surface area contributed by atoms with Gasteiger partial charge in [-0.15, -0.1) is 10.2 Å². The largest absolute Gasteiger partial charge is 0.414 e. The van der Waals surface area contributed by atoms with Crippen LogP contribution in [-0.4, -0.2) is 32.9 Å². The minimum Gasteiger partial charge on any atom is -0.414 e. The predicted molar refractivity (Wildman–Crippen MR) is 132 cm³/mol. The highest BCUT2D eigenvalue weighted by Crippen LogP contribution is 2.33. The van der Waals surface area contributed by atoms with Crippen LogP contribution in [0.15, 0.2) is 59.1 Å². The van der Waals surface area contributed by atoms with E-state index in [1.807, 2.05) is 57.2 Å². The molecule has 0 aliphatic rings. The fraction of sp³-hybridized carbons (Fsp3) is 0.250. The number of hydrogen-bond donors (Lipinski definition) is 2. The Kier molecular flexibility index (Phi) is 6.79. The zero-order chi connectivity index (χ0) is 23.5. The molecule has 4 rings (SSSR count). The second kappa shape index (κ2) is 9.75. The van der Waals surface area contributed by atoms with Gasteiger partial charge in [0, 0.05) is 22.5 Å². The molecule has 4 aromatic rings. The first kappa shape index (κ1) is 23.0. The monoisotopic (exact) mass is 462 g/mol. The molecule has 0 fully saturated rings. The maximum Gasteiger partial charge on any atom is 0.270 e. The number of anilines is 1. The summed E-state index contributed by atoms with van der Waals surface area (Å²) in [7, 11) is -0.666. The van der Waals surface area contributed by atoms with Gasteiger partial charge in [0.05, 0.1) is 26.1 Å². The third kappa shape index (κ3) is 5.25. The van der Waals surface area contributed by atoms with Gasteiger partial charge in [-0.25, -0.2) is 9.97 Å². The van der Waals surface area contributed by atoms with Crippen molar-refractivity contribution in [3.63, 3.8) is 0 Å². The Morgan fingerprint density at radius 1 is 0.909 bits per heavy atom. The molecule has 8 nitrogen and oxygen atoms in total. The van der Waals surface area contributed by atoms with Gasteiger partial charge in [-0.05, 0) is 45.1 Å². The second-order valence-electron chi connectivity index (χ2n) is 8.01. The van der Waals surface area contributed by atoms with E-state index in [9.17, 15) is 0 Å². The summed E-state index contributed by atoms with van der Waals surface area (Å²) in [6.07, 6.45) is 1.82. The van der Waals surface area contributed by atoms with Gasteiger partial charge in [-0.1, -0.05) is 36.4 Å². The summed E-state index contributed by atoms with van der Waals surface area (Å²) >= 11 is 0. The van der Waals surface area contributed by atoms with Crippen molar-refractivity contribution in [1.29, 1.82) is 0 Å². The van der Waals surface area contributed by atoms with Crippen LogP contribution in [0.25, 0.3) is 34.3 Å². The number of nitrogens with two attached hydrogens (primary N) is 2. The number of rotatable bonds is 7. The molecule has 0 amide bonds. The fourth-order valence-electron chi connectivity index (χ4n) is 3.28. The highest BCUT2D eigenvalue weighted by molar-refractivity contribution is 7.60. The Bertz CT molecular complexity index is 1220. The molecule has 0 aliphatic heterocycles. The minimum atomic E-state index is -0.666. The van der Waals surface area contributed by atoms with Gasteiger partial charge in [0.2, 0.25) is 5.89 Å². The lowest BCUT2D eigenvalue weighted by molar-refractivity contribution is 0.276. The minimum absolute atomic E-state index is 0.0452. The highest BCUT2D eigenvalue weighted by Gasteiger charge is 2.17. The summed E-state index contributed by atoms with van der Waals surface area (Å²) in [6.45, 7) is 8.11. The zero-order valence-electron chi connectivity index (χ0n) is 19.1. The van der Waals surface area contributed by atoms with Crippen molar-refractivity contribution < 1.29 is 8.94 Å². The van der Waals surface area contributed by atoms with E-state index in [4.69, 9.17) is 20.4 Å². The summed E-state index contributed by atoms with van der Waals surface area (Å²) in [4.78, 5) is 8.95. The predicted octanol–water partition coefficient (Wildman–Crippen LogP) is 4.54. The van der Waals surface area contributed by atoms with Crippen molar-refractivity contribution in [1.82, 2.24) is 20.2 Å². The van der Waals surface area contributed by atoms with E-state index >= 15 is 0 Å². The van der Waals surface area contributed by atoms with Crippen LogP contribution in [0, 0.1) is 0 Å². The maximum absolute atomic E-state index is 6.08. The van der Waals surface area contributed by atoms with Gasteiger partial charge in [0.15, 0.2) is 11.5 Å². The van der Waals surface area contributed by atoms with Gasteiger partial charge >= 0.3 is 0 Å². The van der Waals surface area contributed by atoms with Crippen LogP contribution in [0.2, 0.25) is 0 Å². The Balaban J connectivity index is 1.59. The van der Waals surface area contributed by atoms with Crippen LogP contribution in [0.5, 0.6) is 0 Å². The van der Waals surface area contributed by atoms with E-state index in [0.717, 1.165) is 22.0 Å². The van der Waals surface area contributed by atoms with Crippen LogP contribution in [0.3, 0.4) is 0 Å². The van der Waals surface area contributed by atoms with E-state index < -0.39 is 8.15 Å².